The highest BCUT2D eigenvalue weighted by atomic mass is 35.5. The molecule has 0 fully saturated rings. The summed E-state index contributed by atoms with van der Waals surface area (Å²) < 4.78 is 38.4. The second kappa shape index (κ2) is 5.42. The van der Waals surface area contributed by atoms with Gasteiger partial charge in [-0.3, -0.25) is 0 Å². The van der Waals surface area contributed by atoms with Crippen LogP contribution in [-0.4, -0.2) is 8.42 Å². The fraction of sp³-hybridized carbons (Fsp3) is 0.143. The third kappa shape index (κ3) is 2.94. The summed E-state index contributed by atoms with van der Waals surface area (Å²) in [4.78, 5) is 0.131. The molecule has 0 amide bonds. The van der Waals surface area contributed by atoms with Crippen LogP contribution in [0.3, 0.4) is 0 Å². The van der Waals surface area contributed by atoms with E-state index in [1.807, 2.05) is 0 Å². The van der Waals surface area contributed by atoms with E-state index in [9.17, 15) is 12.8 Å². The van der Waals surface area contributed by atoms with Crippen LogP contribution >= 0.6 is 11.6 Å². The molecule has 0 aliphatic heterocycles. The van der Waals surface area contributed by atoms with Gasteiger partial charge in [0.05, 0.1) is 10.6 Å². The van der Waals surface area contributed by atoms with Gasteiger partial charge in [0.1, 0.15) is 5.82 Å². The summed E-state index contributed by atoms with van der Waals surface area (Å²) in [5.74, 6) is -1.11. The van der Waals surface area contributed by atoms with Gasteiger partial charge in [-0.1, -0.05) is 17.7 Å². The molecule has 0 bridgehead atoms. The molecule has 20 heavy (non-hydrogen) atoms. The lowest BCUT2D eigenvalue weighted by atomic mass is 10.2. The van der Waals surface area contributed by atoms with E-state index in [-0.39, 0.29) is 15.5 Å². The number of halogens is 2. The lowest BCUT2D eigenvalue weighted by Gasteiger charge is -2.10. The van der Waals surface area contributed by atoms with Crippen molar-refractivity contribution in [1.29, 1.82) is 0 Å². The van der Waals surface area contributed by atoms with Gasteiger partial charge in [0.2, 0.25) is 0 Å². The zero-order valence-corrected chi connectivity index (χ0v) is 12.3. The van der Waals surface area contributed by atoms with Gasteiger partial charge in [-0.25, -0.2) is 12.8 Å². The second-order valence-electron chi connectivity index (χ2n) is 4.48. The van der Waals surface area contributed by atoms with Crippen molar-refractivity contribution in [3.63, 3.8) is 0 Å². The van der Waals surface area contributed by atoms with Gasteiger partial charge in [0.15, 0.2) is 9.84 Å². The van der Waals surface area contributed by atoms with Crippen LogP contribution in [0.15, 0.2) is 41.3 Å². The Morgan fingerprint density at radius 2 is 1.95 bits per heavy atom. The number of anilines is 1. The zero-order chi connectivity index (χ0) is 14.9. The van der Waals surface area contributed by atoms with Gasteiger partial charge in [0.25, 0.3) is 0 Å². The molecule has 0 aliphatic rings. The van der Waals surface area contributed by atoms with Crippen LogP contribution in [0.4, 0.5) is 10.1 Å². The molecule has 106 valence electrons. The molecule has 0 saturated heterocycles. The Balaban J connectivity index is 2.46. The topological polar surface area (TPSA) is 60.2 Å². The maximum absolute atomic E-state index is 13.7. The van der Waals surface area contributed by atoms with Gasteiger partial charge >= 0.3 is 0 Å². The standard InChI is InChI=1S/C14H13ClFNO2S/c1-9-7-10(17)5-6-14(9)20(18,19)8-11-12(15)3-2-4-13(11)16/h2-7H,8,17H2,1H3. The number of nitrogen functional groups attached to an aromatic ring is 1. The fourth-order valence-electron chi connectivity index (χ4n) is 1.96. The molecule has 0 aromatic heterocycles. The summed E-state index contributed by atoms with van der Waals surface area (Å²) in [5, 5.41) is 0.0988. The number of rotatable bonds is 3. The molecule has 0 aliphatic carbocycles. The summed E-state index contributed by atoms with van der Waals surface area (Å²) in [6.45, 7) is 1.65. The zero-order valence-electron chi connectivity index (χ0n) is 10.7. The number of hydrogen-bond donors (Lipinski definition) is 1. The normalized spacial score (nSPS) is 11.6. The van der Waals surface area contributed by atoms with E-state index in [0.717, 1.165) is 0 Å². The molecule has 6 heteroatoms. The van der Waals surface area contributed by atoms with Crippen LogP contribution < -0.4 is 5.73 Å². The molecular weight excluding hydrogens is 301 g/mol. The third-order valence-electron chi connectivity index (χ3n) is 2.93. The molecule has 0 saturated carbocycles. The summed E-state index contributed by atoms with van der Waals surface area (Å²) >= 11 is 5.86. The minimum Gasteiger partial charge on any atom is -0.399 e. The Hall–Kier alpha value is -1.59. The molecule has 3 nitrogen and oxygen atoms in total. The Morgan fingerprint density at radius 1 is 1.25 bits per heavy atom. The monoisotopic (exact) mass is 313 g/mol. The van der Waals surface area contributed by atoms with Gasteiger partial charge in [-0.15, -0.1) is 0 Å². The molecule has 0 atom stereocenters. The summed E-state index contributed by atoms with van der Waals surface area (Å²) in [7, 11) is -3.69. The number of aryl methyl sites for hydroxylation is 1. The average Bonchev–Trinajstić information content (AvgIpc) is 2.33. The maximum Gasteiger partial charge on any atom is 0.182 e. The van der Waals surface area contributed by atoms with Crippen LogP contribution in [0, 0.1) is 12.7 Å². The number of benzene rings is 2. The summed E-state index contributed by atoms with van der Waals surface area (Å²) in [6.07, 6.45) is 0. The van der Waals surface area contributed by atoms with Crippen LogP contribution in [-0.2, 0) is 15.6 Å². The van der Waals surface area contributed by atoms with E-state index in [1.54, 1.807) is 13.0 Å². The van der Waals surface area contributed by atoms with Crippen molar-refractivity contribution >= 4 is 27.1 Å². The quantitative estimate of drug-likeness (QED) is 0.884. The van der Waals surface area contributed by atoms with E-state index in [1.165, 1.54) is 30.3 Å². The Bertz CT molecular complexity index is 740. The van der Waals surface area contributed by atoms with E-state index in [2.05, 4.69) is 0 Å². The van der Waals surface area contributed by atoms with Crippen molar-refractivity contribution in [2.24, 2.45) is 0 Å². The number of sulfone groups is 1. The van der Waals surface area contributed by atoms with Crippen molar-refractivity contribution in [1.82, 2.24) is 0 Å². The summed E-state index contributed by atoms with van der Waals surface area (Å²) in [6, 6.07) is 8.58. The van der Waals surface area contributed by atoms with E-state index < -0.39 is 21.4 Å². The predicted octanol–water partition coefficient (Wildman–Crippen LogP) is 3.34. The Morgan fingerprint density at radius 3 is 2.55 bits per heavy atom. The first-order valence-corrected chi connectivity index (χ1v) is 7.86. The molecule has 2 aromatic rings. The molecule has 2 aromatic carbocycles. The first-order chi connectivity index (χ1) is 9.31. The van der Waals surface area contributed by atoms with Crippen molar-refractivity contribution in [3.8, 4) is 0 Å². The second-order valence-corrected chi connectivity index (χ2v) is 6.85. The van der Waals surface area contributed by atoms with Gasteiger partial charge in [-0.2, -0.15) is 0 Å². The molecule has 2 rings (SSSR count). The predicted molar refractivity (Wildman–Crippen MR) is 77.9 cm³/mol. The SMILES string of the molecule is Cc1cc(N)ccc1S(=O)(=O)Cc1c(F)cccc1Cl. The van der Waals surface area contributed by atoms with Gasteiger partial charge in [0, 0.05) is 16.3 Å². The van der Waals surface area contributed by atoms with Crippen LogP contribution in [0.1, 0.15) is 11.1 Å². The van der Waals surface area contributed by atoms with Gasteiger partial charge < -0.3 is 5.73 Å². The van der Waals surface area contributed by atoms with Crippen LogP contribution in [0.2, 0.25) is 5.02 Å². The minimum atomic E-state index is -3.69. The molecular formula is C14H13ClFNO2S. The Kier molecular flexibility index (Phi) is 4.01. The lowest BCUT2D eigenvalue weighted by Crippen LogP contribution is -2.09. The van der Waals surface area contributed by atoms with Crippen molar-refractivity contribution in [2.75, 3.05) is 5.73 Å². The lowest BCUT2D eigenvalue weighted by molar-refractivity contribution is 0.586. The van der Waals surface area contributed by atoms with Crippen molar-refractivity contribution in [3.05, 3.63) is 58.4 Å². The molecule has 0 radical (unpaired) electrons. The fourth-order valence-corrected chi connectivity index (χ4v) is 3.92. The highest BCUT2D eigenvalue weighted by Crippen LogP contribution is 2.26. The van der Waals surface area contributed by atoms with Crippen LogP contribution in [0.5, 0.6) is 0 Å². The van der Waals surface area contributed by atoms with E-state index in [0.29, 0.717) is 11.3 Å². The van der Waals surface area contributed by atoms with Gasteiger partial charge in [-0.05, 0) is 42.8 Å². The highest BCUT2D eigenvalue weighted by Gasteiger charge is 2.21. The minimum absolute atomic E-state index is 0.0228. The molecule has 0 heterocycles. The highest BCUT2D eigenvalue weighted by molar-refractivity contribution is 7.90. The van der Waals surface area contributed by atoms with Crippen molar-refractivity contribution in [2.45, 2.75) is 17.6 Å². The Labute approximate surface area is 122 Å². The smallest absolute Gasteiger partial charge is 0.182 e. The third-order valence-corrected chi connectivity index (χ3v) is 5.08. The van der Waals surface area contributed by atoms with E-state index in [4.69, 9.17) is 17.3 Å². The first kappa shape index (κ1) is 14.8. The largest absolute Gasteiger partial charge is 0.399 e. The van der Waals surface area contributed by atoms with Crippen LogP contribution in [0.25, 0.3) is 0 Å². The summed E-state index contributed by atoms with van der Waals surface area (Å²) in [5.41, 5.74) is 6.58. The average molecular weight is 314 g/mol. The maximum atomic E-state index is 13.7. The number of nitrogens with two attached hydrogens (primary N) is 1. The van der Waals surface area contributed by atoms with E-state index >= 15 is 0 Å². The number of hydrogen-bond acceptors (Lipinski definition) is 3. The molecule has 0 unspecified atom stereocenters. The van der Waals surface area contributed by atoms with Crippen molar-refractivity contribution < 1.29 is 12.8 Å². The molecule has 2 N–H and O–H groups in total. The molecule has 0 spiro atoms. The first-order valence-electron chi connectivity index (χ1n) is 5.83.